The molecule has 0 aliphatic heterocycles. The zero-order valence-corrected chi connectivity index (χ0v) is 13.1. The first-order valence-corrected chi connectivity index (χ1v) is 8.04. The third kappa shape index (κ3) is 3.43. The molecule has 1 N–H and O–H groups in total. The van der Waals surface area contributed by atoms with Crippen LogP contribution in [0.15, 0.2) is 59.7 Å². The number of aryl methyl sites for hydroxylation is 1. The smallest absolute Gasteiger partial charge is 0.227 e. The van der Waals surface area contributed by atoms with Crippen molar-refractivity contribution in [3.05, 3.63) is 70.8 Å². The summed E-state index contributed by atoms with van der Waals surface area (Å²) in [6.45, 7) is 1.97. The molecule has 3 aromatic heterocycles. The second kappa shape index (κ2) is 6.58. The van der Waals surface area contributed by atoms with Crippen LogP contribution in [-0.4, -0.2) is 15.5 Å². The second-order valence-corrected chi connectivity index (χ2v) is 5.96. The third-order valence-electron chi connectivity index (χ3n) is 3.47. The Morgan fingerprint density at radius 3 is 2.77 bits per heavy atom. The van der Waals surface area contributed by atoms with Gasteiger partial charge in [0, 0.05) is 18.6 Å². The average Bonchev–Trinajstić information content (AvgIpc) is 3.21. The van der Waals surface area contributed by atoms with E-state index in [0.717, 1.165) is 11.1 Å². The highest BCUT2D eigenvalue weighted by Crippen LogP contribution is 2.25. The summed E-state index contributed by atoms with van der Waals surface area (Å²) in [5.74, 6) is 0.549. The number of anilines is 1. The molecule has 0 saturated heterocycles. The quantitative estimate of drug-likeness (QED) is 0.777. The van der Waals surface area contributed by atoms with Gasteiger partial charge in [0.2, 0.25) is 5.91 Å². The Morgan fingerprint density at radius 2 is 2.14 bits per heavy atom. The Morgan fingerprint density at radius 1 is 1.32 bits per heavy atom. The van der Waals surface area contributed by atoms with E-state index in [1.807, 2.05) is 49.0 Å². The fourth-order valence-electron chi connectivity index (χ4n) is 2.33. The van der Waals surface area contributed by atoms with Crippen molar-refractivity contribution >= 4 is 23.1 Å². The lowest BCUT2D eigenvalue weighted by Gasteiger charge is -2.17. The molecule has 0 radical (unpaired) electrons. The van der Waals surface area contributed by atoms with E-state index in [-0.39, 0.29) is 11.9 Å². The molecule has 3 heterocycles. The van der Waals surface area contributed by atoms with Gasteiger partial charge in [0.1, 0.15) is 5.82 Å². The van der Waals surface area contributed by atoms with Gasteiger partial charge in [-0.3, -0.25) is 4.79 Å². The fourth-order valence-corrected chi connectivity index (χ4v) is 3.03. The summed E-state index contributed by atoms with van der Waals surface area (Å²) < 4.78 is 2.06. The molecule has 5 heteroatoms. The number of carbonyl (C=O) groups is 1. The van der Waals surface area contributed by atoms with Gasteiger partial charge < -0.3 is 9.88 Å². The van der Waals surface area contributed by atoms with E-state index >= 15 is 0 Å². The number of pyridine rings is 1. The summed E-state index contributed by atoms with van der Waals surface area (Å²) in [5.41, 5.74) is 2.22. The number of thiophene rings is 1. The van der Waals surface area contributed by atoms with Gasteiger partial charge in [0.25, 0.3) is 0 Å². The molecule has 1 unspecified atom stereocenters. The Balaban J connectivity index is 1.73. The molecule has 0 spiro atoms. The molecule has 0 saturated carbocycles. The highest BCUT2D eigenvalue weighted by Gasteiger charge is 2.18. The molecule has 4 nitrogen and oxygen atoms in total. The summed E-state index contributed by atoms with van der Waals surface area (Å²) in [5, 5.41) is 6.98. The lowest BCUT2D eigenvalue weighted by molar-refractivity contribution is -0.116. The fraction of sp³-hybridized carbons (Fsp3) is 0.176. The van der Waals surface area contributed by atoms with Gasteiger partial charge in [-0.15, -0.1) is 0 Å². The number of amides is 1. The maximum absolute atomic E-state index is 12.3. The van der Waals surface area contributed by atoms with Crippen LogP contribution in [0, 0.1) is 6.92 Å². The molecule has 0 bridgehead atoms. The molecular weight excluding hydrogens is 294 g/mol. The SMILES string of the molecule is Cc1ccc(NC(=O)CC(c2ccsc2)n2cccc2)nc1. The summed E-state index contributed by atoms with van der Waals surface area (Å²) in [6.07, 6.45) is 6.10. The summed E-state index contributed by atoms with van der Waals surface area (Å²) in [7, 11) is 0. The lowest BCUT2D eigenvalue weighted by atomic mass is 10.1. The van der Waals surface area contributed by atoms with Crippen LogP contribution in [0.5, 0.6) is 0 Å². The van der Waals surface area contributed by atoms with E-state index in [4.69, 9.17) is 0 Å². The van der Waals surface area contributed by atoms with Crippen molar-refractivity contribution in [1.29, 1.82) is 0 Å². The highest BCUT2D eigenvalue weighted by atomic mass is 32.1. The van der Waals surface area contributed by atoms with Crippen LogP contribution in [0.3, 0.4) is 0 Å². The van der Waals surface area contributed by atoms with Crippen LogP contribution in [0.2, 0.25) is 0 Å². The van der Waals surface area contributed by atoms with Crippen LogP contribution in [0.1, 0.15) is 23.6 Å². The largest absolute Gasteiger partial charge is 0.346 e. The monoisotopic (exact) mass is 311 g/mol. The zero-order valence-electron chi connectivity index (χ0n) is 12.3. The molecule has 0 aliphatic rings. The van der Waals surface area contributed by atoms with E-state index in [1.54, 1.807) is 17.5 Å². The van der Waals surface area contributed by atoms with Gasteiger partial charge in [-0.2, -0.15) is 11.3 Å². The van der Waals surface area contributed by atoms with E-state index in [0.29, 0.717) is 12.2 Å². The average molecular weight is 311 g/mol. The molecule has 0 aromatic carbocycles. The molecule has 1 atom stereocenters. The molecule has 1 amide bonds. The van der Waals surface area contributed by atoms with Crippen molar-refractivity contribution in [2.24, 2.45) is 0 Å². The molecule has 112 valence electrons. The number of carbonyl (C=O) groups excluding carboxylic acids is 1. The normalized spacial score (nSPS) is 12.0. The molecule has 3 rings (SSSR count). The lowest BCUT2D eigenvalue weighted by Crippen LogP contribution is -2.19. The van der Waals surface area contributed by atoms with Gasteiger partial charge in [0.15, 0.2) is 0 Å². The summed E-state index contributed by atoms with van der Waals surface area (Å²) >= 11 is 1.64. The van der Waals surface area contributed by atoms with Crippen molar-refractivity contribution in [2.45, 2.75) is 19.4 Å². The minimum atomic E-state index is -0.0405. The van der Waals surface area contributed by atoms with Gasteiger partial charge in [-0.05, 0) is 53.1 Å². The maximum Gasteiger partial charge on any atom is 0.227 e. The van der Waals surface area contributed by atoms with Crippen LogP contribution in [-0.2, 0) is 4.79 Å². The van der Waals surface area contributed by atoms with Crippen molar-refractivity contribution in [2.75, 3.05) is 5.32 Å². The zero-order chi connectivity index (χ0) is 15.4. The number of aromatic nitrogens is 2. The Hall–Kier alpha value is -2.40. The first-order valence-electron chi connectivity index (χ1n) is 7.09. The highest BCUT2D eigenvalue weighted by molar-refractivity contribution is 7.08. The summed E-state index contributed by atoms with van der Waals surface area (Å²) in [6, 6.07) is 9.77. The van der Waals surface area contributed by atoms with Crippen molar-refractivity contribution in [1.82, 2.24) is 9.55 Å². The predicted molar refractivity (Wildman–Crippen MR) is 89.1 cm³/mol. The van der Waals surface area contributed by atoms with Crippen LogP contribution in [0.4, 0.5) is 5.82 Å². The van der Waals surface area contributed by atoms with Gasteiger partial charge in [-0.25, -0.2) is 4.98 Å². The molecule has 22 heavy (non-hydrogen) atoms. The Labute approximate surface area is 133 Å². The van der Waals surface area contributed by atoms with Gasteiger partial charge in [0.05, 0.1) is 12.5 Å². The minimum Gasteiger partial charge on any atom is -0.346 e. The maximum atomic E-state index is 12.3. The Kier molecular flexibility index (Phi) is 4.34. The number of hydrogen-bond donors (Lipinski definition) is 1. The molecule has 3 aromatic rings. The number of hydrogen-bond acceptors (Lipinski definition) is 3. The molecular formula is C17H17N3OS. The van der Waals surface area contributed by atoms with E-state index < -0.39 is 0 Å². The van der Waals surface area contributed by atoms with E-state index in [9.17, 15) is 4.79 Å². The van der Waals surface area contributed by atoms with E-state index in [2.05, 4.69) is 26.3 Å². The first-order chi connectivity index (χ1) is 10.7. The van der Waals surface area contributed by atoms with Crippen molar-refractivity contribution in [3.8, 4) is 0 Å². The van der Waals surface area contributed by atoms with Gasteiger partial charge in [-0.1, -0.05) is 6.07 Å². The number of rotatable bonds is 5. The number of nitrogens with one attached hydrogen (secondary N) is 1. The predicted octanol–water partition coefficient (Wildman–Crippen LogP) is 3.87. The first kappa shape index (κ1) is 14.5. The number of nitrogens with zero attached hydrogens (tertiary/aromatic N) is 2. The van der Waals surface area contributed by atoms with Gasteiger partial charge >= 0.3 is 0 Å². The van der Waals surface area contributed by atoms with Crippen molar-refractivity contribution in [3.63, 3.8) is 0 Å². The van der Waals surface area contributed by atoms with Crippen LogP contribution >= 0.6 is 11.3 Å². The van der Waals surface area contributed by atoms with Crippen LogP contribution < -0.4 is 5.32 Å². The second-order valence-electron chi connectivity index (χ2n) is 5.18. The minimum absolute atomic E-state index is 0.00620. The van der Waals surface area contributed by atoms with E-state index in [1.165, 1.54) is 0 Å². The molecule has 0 fully saturated rings. The van der Waals surface area contributed by atoms with Crippen molar-refractivity contribution < 1.29 is 4.79 Å². The Bertz CT molecular complexity index is 684. The summed E-state index contributed by atoms with van der Waals surface area (Å²) in [4.78, 5) is 16.6. The third-order valence-corrected chi connectivity index (χ3v) is 4.17. The molecule has 0 aliphatic carbocycles. The topological polar surface area (TPSA) is 46.9 Å². The standard InChI is InChI=1S/C17H17N3OS/c1-13-4-5-16(18-11-13)19-17(21)10-15(14-6-9-22-12-14)20-7-2-3-8-20/h2-9,11-12,15H,10H2,1H3,(H,18,19,21). The van der Waals surface area contributed by atoms with Crippen LogP contribution in [0.25, 0.3) is 0 Å².